The van der Waals surface area contributed by atoms with E-state index >= 15 is 0 Å². The van der Waals surface area contributed by atoms with Crippen molar-refractivity contribution in [2.24, 2.45) is 52.8 Å². The highest BCUT2D eigenvalue weighted by molar-refractivity contribution is 5.26. The van der Waals surface area contributed by atoms with Gasteiger partial charge in [0.15, 0.2) is 0 Å². The predicted molar refractivity (Wildman–Crippen MR) is 178 cm³/mol. The van der Waals surface area contributed by atoms with Crippen LogP contribution in [0.1, 0.15) is 159 Å². The predicted octanol–water partition coefficient (Wildman–Crippen LogP) is 11.7. The molecule has 4 fully saturated rings. The van der Waals surface area contributed by atoms with Crippen molar-refractivity contribution in [2.45, 2.75) is 160 Å². The number of hydrogen-bond acceptors (Lipinski definition) is 1. The van der Waals surface area contributed by atoms with E-state index in [1.54, 1.807) is 19.3 Å². The minimum absolute atomic E-state index is 0.535. The van der Waals surface area contributed by atoms with Crippen molar-refractivity contribution in [3.63, 3.8) is 0 Å². The van der Waals surface area contributed by atoms with E-state index in [2.05, 4.69) is 42.7 Å². The molecule has 0 spiro atoms. The Balaban J connectivity index is 0.000000921. The number of hydrogen-bond donors (Lipinski definition) is 0. The van der Waals surface area contributed by atoms with Gasteiger partial charge in [-0.25, -0.2) is 0 Å². The minimum atomic E-state index is 0.535. The normalized spacial score (nSPS) is 34.4. The molecule has 0 aliphatic heterocycles. The molecular formula is C38H70N2. The Kier molecular flexibility index (Phi) is 17.5. The summed E-state index contributed by atoms with van der Waals surface area (Å²) in [5.74, 6) is 10.4. The second-order valence-corrected chi connectivity index (χ2v) is 12.6. The summed E-state index contributed by atoms with van der Waals surface area (Å²) < 4.78 is 2.11. The minimum Gasteiger partial charge on any atom is -0.271 e. The largest absolute Gasteiger partial charge is 0.271 e. The highest BCUT2D eigenvalue weighted by Gasteiger charge is 2.56. The second-order valence-electron chi connectivity index (χ2n) is 12.6. The summed E-state index contributed by atoms with van der Waals surface area (Å²) in [4.78, 5) is 0. The Morgan fingerprint density at radius 3 is 2.23 bits per heavy atom. The summed E-state index contributed by atoms with van der Waals surface area (Å²) in [6.45, 7) is 24.6. The van der Waals surface area contributed by atoms with Gasteiger partial charge in [0, 0.05) is 12.7 Å². The molecular weight excluding hydrogens is 484 g/mol. The fraction of sp³-hybridized carbons (Fsp3) is 0.868. The van der Waals surface area contributed by atoms with Crippen LogP contribution in [-0.4, -0.2) is 9.78 Å². The van der Waals surface area contributed by atoms with Gasteiger partial charge in [0.05, 0.1) is 11.8 Å². The van der Waals surface area contributed by atoms with Gasteiger partial charge in [0.1, 0.15) is 0 Å². The molecule has 9 atom stereocenters. The van der Waals surface area contributed by atoms with Crippen molar-refractivity contribution in [1.29, 1.82) is 0 Å². The summed E-state index contributed by atoms with van der Waals surface area (Å²) >= 11 is 0. The average Bonchev–Trinajstić information content (AvgIpc) is 3.47. The summed E-state index contributed by atoms with van der Waals surface area (Å²) in [6, 6.07) is 0. The monoisotopic (exact) mass is 555 g/mol. The topological polar surface area (TPSA) is 17.8 Å². The fourth-order valence-corrected chi connectivity index (χ4v) is 9.75. The third-order valence-corrected chi connectivity index (χ3v) is 11.0. The molecule has 4 saturated carbocycles. The Morgan fingerprint density at radius 2 is 1.60 bits per heavy atom. The van der Waals surface area contributed by atoms with Crippen molar-refractivity contribution in [3.8, 4) is 12.3 Å². The van der Waals surface area contributed by atoms with Crippen molar-refractivity contribution >= 4 is 0 Å². The van der Waals surface area contributed by atoms with Gasteiger partial charge in [-0.1, -0.05) is 108 Å². The van der Waals surface area contributed by atoms with Crippen molar-refractivity contribution in [2.75, 3.05) is 0 Å². The molecule has 2 heteroatoms. The summed E-state index contributed by atoms with van der Waals surface area (Å²) in [5.41, 5.74) is 1.45. The lowest BCUT2D eigenvalue weighted by atomic mass is 9.44. The first-order chi connectivity index (χ1) is 19.5. The van der Waals surface area contributed by atoms with Crippen LogP contribution in [0.5, 0.6) is 0 Å². The lowest BCUT2D eigenvalue weighted by Crippen LogP contribution is -2.54. The fourth-order valence-electron chi connectivity index (χ4n) is 9.75. The number of fused-ring (bicyclic) bond motifs is 5. The first-order valence-electron chi connectivity index (χ1n) is 18.0. The third-order valence-electron chi connectivity index (χ3n) is 11.0. The van der Waals surface area contributed by atoms with Crippen LogP contribution in [0.3, 0.4) is 0 Å². The van der Waals surface area contributed by atoms with E-state index in [1.807, 2.05) is 61.6 Å². The molecule has 0 radical (unpaired) electrons. The van der Waals surface area contributed by atoms with E-state index in [9.17, 15) is 0 Å². The summed E-state index contributed by atoms with van der Waals surface area (Å²) in [7, 11) is 0. The van der Waals surface area contributed by atoms with Gasteiger partial charge in [-0.05, 0) is 104 Å². The maximum atomic E-state index is 5.57. The van der Waals surface area contributed by atoms with Crippen LogP contribution >= 0.6 is 0 Å². The van der Waals surface area contributed by atoms with Crippen LogP contribution in [0.2, 0.25) is 0 Å². The molecule has 9 unspecified atom stereocenters. The zero-order valence-corrected chi connectivity index (χ0v) is 28.9. The first kappa shape index (κ1) is 36.8. The Morgan fingerprint density at radius 1 is 0.925 bits per heavy atom. The van der Waals surface area contributed by atoms with Gasteiger partial charge in [0.2, 0.25) is 0 Å². The molecule has 2 nitrogen and oxygen atoms in total. The van der Waals surface area contributed by atoms with Crippen molar-refractivity contribution in [3.05, 3.63) is 18.0 Å². The molecule has 0 amide bonds. The molecule has 0 saturated heterocycles. The maximum absolute atomic E-state index is 5.57. The molecule has 232 valence electrons. The maximum Gasteiger partial charge on any atom is 0.0646 e. The van der Waals surface area contributed by atoms with Crippen LogP contribution in [-0.2, 0) is 6.54 Å². The average molecular weight is 555 g/mol. The quantitative estimate of drug-likeness (QED) is 0.331. The van der Waals surface area contributed by atoms with E-state index in [0.717, 1.165) is 53.5 Å². The zero-order valence-electron chi connectivity index (χ0n) is 28.9. The van der Waals surface area contributed by atoms with Crippen LogP contribution < -0.4 is 0 Å². The lowest BCUT2D eigenvalue weighted by molar-refractivity contribution is -0.122. The molecule has 5 rings (SSSR count). The zero-order chi connectivity index (χ0) is 30.3. The second kappa shape index (κ2) is 19.1. The van der Waals surface area contributed by atoms with Crippen LogP contribution in [0.25, 0.3) is 0 Å². The first-order valence-corrected chi connectivity index (χ1v) is 18.0. The van der Waals surface area contributed by atoms with Gasteiger partial charge in [-0.2, -0.15) is 5.10 Å². The van der Waals surface area contributed by atoms with Gasteiger partial charge in [-0.15, -0.1) is 6.42 Å². The Hall–Kier alpha value is -1.23. The molecule has 1 aromatic rings. The van der Waals surface area contributed by atoms with Gasteiger partial charge >= 0.3 is 0 Å². The molecule has 1 heterocycles. The number of terminal acetylenes is 1. The smallest absolute Gasteiger partial charge is 0.0646 e. The molecule has 0 bridgehead atoms. The van der Waals surface area contributed by atoms with Crippen LogP contribution in [0.4, 0.5) is 0 Å². The van der Waals surface area contributed by atoms with Crippen LogP contribution in [0, 0.1) is 65.1 Å². The molecule has 1 aromatic heterocycles. The van der Waals surface area contributed by atoms with E-state index in [-0.39, 0.29) is 0 Å². The number of aromatic nitrogens is 2. The van der Waals surface area contributed by atoms with E-state index < -0.39 is 0 Å². The summed E-state index contributed by atoms with van der Waals surface area (Å²) in [5, 5.41) is 4.55. The van der Waals surface area contributed by atoms with Gasteiger partial charge in [-0.3, -0.25) is 4.68 Å². The Labute approximate surface area is 252 Å². The van der Waals surface area contributed by atoms with E-state index in [1.165, 1.54) is 57.8 Å². The lowest BCUT2D eigenvalue weighted by Gasteiger charge is -2.61. The highest BCUT2D eigenvalue weighted by Crippen LogP contribution is 2.64. The SMILES string of the molecule is C#Cc1cnn(CC(C)C2CCCC3C4CCC5CC(CCC)CCC5C4CCC23C)c1.CC.CC.CC.CC. The van der Waals surface area contributed by atoms with Crippen molar-refractivity contribution < 1.29 is 0 Å². The van der Waals surface area contributed by atoms with Crippen LogP contribution in [0.15, 0.2) is 12.4 Å². The molecule has 0 N–H and O–H groups in total. The van der Waals surface area contributed by atoms with Gasteiger partial charge in [0.25, 0.3) is 0 Å². The molecule has 0 aromatic carbocycles. The summed E-state index contributed by atoms with van der Waals surface area (Å²) in [6.07, 6.45) is 27.4. The van der Waals surface area contributed by atoms with Gasteiger partial charge < -0.3 is 0 Å². The van der Waals surface area contributed by atoms with E-state index in [4.69, 9.17) is 6.42 Å². The van der Waals surface area contributed by atoms with E-state index in [0.29, 0.717) is 11.3 Å². The molecule has 4 aliphatic carbocycles. The number of nitrogens with zero attached hydrogens (tertiary/aromatic N) is 2. The Bertz CT molecular complexity index is 818. The standard InChI is InChI=1S/C30H46N2.4C2H6/c1-5-8-23-11-13-25-24(17-23)12-14-27-26(25)15-16-30(4)28(9-7-10-29(27)30)21(3)19-32-20-22(6-2)18-31-32;4*1-2/h2,18,20-21,23-29H,5,7-17,19H2,1,3-4H3;4*1-2H3. The van der Waals surface area contributed by atoms with Crippen molar-refractivity contribution in [1.82, 2.24) is 9.78 Å². The third kappa shape index (κ3) is 8.42. The number of rotatable bonds is 5. The molecule has 4 aliphatic rings. The molecule has 40 heavy (non-hydrogen) atoms. The highest BCUT2D eigenvalue weighted by atomic mass is 15.3.